The van der Waals surface area contributed by atoms with Gasteiger partial charge >= 0.3 is 7.60 Å². The van der Waals surface area contributed by atoms with Crippen LogP contribution < -0.4 is 0 Å². The van der Waals surface area contributed by atoms with E-state index in [1.807, 2.05) is 27.7 Å². The molecule has 0 saturated carbocycles. The van der Waals surface area contributed by atoms with Crippen molar-refractivity contribution in [3.8, 4) is 0 Å². The lowest BCUT2D eigenvalue weighted by molar-refractivity contribution is -0.132. The van der Waals surface area contributed by atoms with E-state index in [1.165, 1.54) is 0 Å². The summed E-state index contributed by atoms with van der Waals surface area (Å²) in [6, 6.07) is 0.128. The molecule has 6 heteroatoms. The van der Waals surface area contributed by atoms with Crippen molar-refractivity contribution < 1.29 is 18.4 Å². The van der Waals surface area contributed by atoms with Crippen LogP contribution in [0.4, 0.5) is 0 Å². The van der Waals surface area contributed by atoms with E-state index in [0.717, 1.165) is 0 Å². The number of rotatable bonds is 8. The first-order valence-corrected chi connectivity index (χ1v) is 8.19. The molecule has 0 atom stereocenters. The van der Waals surface area contributed by atoms with Gasteiger partial charge in [0, 0.05) is 12.1 Å². The average Bonchev–Trinajstić information content (AvgIpc) is 2.15. The summed E-state index contributed by atoms with van der Waals surface area (Å²) in [6.07, 6.45) is -0.189. The minimum absolute atomic E-state index is 0.0641. The monoisotopic (exact) mass is 279 g/mol. The molecule has 0 aromatic rings. The van der Waals surface area contributed by atoms with Crippen molar-refractivity contribution in [2.45, 2.75) is 53.6 Å². The molecule has 0 saturated heterocycles. The van der Waals surface area contributed by atoms with Gasteiger partial charge in [-0.05, 0) is 41.5 Å². The third kappa shape index (κ3) is 5.51. The molecule has 0 fully saturated rings. The average molecular weight is 279 g/mol. The number of nitrogens with zero attached hydrogens (tertiary/aromatic N) is 1. The van der Waals surface area contributed by atoms with Gasteiger partial charge in [0.2, 0.25) is 5.91 Å². The molecule has 0 unspecified atom stereocenters. The van der Waals surface area contributed by atoms with E-state index in [-0.39, 0.29) is 37.4 Å². The van der Waals surface area contributed by atoms with Gasteiger partial charge in [-0.15, -0.1) is 0 Å². The van der Waals surface area contributed by atoms with Gasteiger partial charge in [-0.25, -0.2) is 0 Å². The van der Waals surface area contributed by atoms with Crippen LogP contribution in [0.15, 0.2) is 0 Å². The fraction of sp³-hybridized carbons (Fsp3) is 0.917. The van der Waals surface area contributed by atoms with Crippen LogP contribution in [0.1, 0.15) is 41.5 Å². The maximum absolute atomic E-state index is 12.3. The number of carbonyl (C=O) groups is 1. The van der Waals surface area contributed by atoms with E-state index in [9.17, 15) is 9.36 Å². The second-order valence-corrected chi connectivity index (χ2v) is 6.65. The number of hydrogen-bond donors (Lipinski definition) is 0. The van der Waals surface area contributed by atoms with Crippen LogP contribution in [0.2, 0.25) is 0 Å². The number of amides is 1. The highest BCUT2D eigenvalue weighted by Gasteiger charge is 2.32. The third-order valence-electron chi connectivity index (χ3n) is 2.38. The normalized spacial score (nSPS) is 12.2. The Balaban J connectivity index is 4.82. The van der Waals surface area contributed by atoms with E-state index < -0.39 is 7.60 Å². The van der Waals surface area contributed by atoms with Crippen molar-refractivity contribution in [2.75, 3.05) is 19.4 Å². The molecule has 0 aliphatic carbocycles. The maximum Gasteiger partial charge on any atom is 0.340 e. The zero-order valence-corrected chi connectivity index (χ0v) is 13.2. The van der Waals surface area contributed by atoms with Crippen LogP contribution in [-0.2, 0) is 18.4 Å². The van der Waals surface area contributed by atoms with Crippen LogP contribution in [-0.4, -0.2) is 42.3 Å². The Labute approximate surface area is 110 Å². The molecule has 108 valence electrons. The summed E-state index contributed by atoms with van der Waals surface area (Å²) >= 11 is 0. The summed E-state index contributed by atoms with van der Waals surface area (Å²) in [6.45, 7) is 11.8. The van der Waals surface area contributed by atoms with Crippen molar-refractivity contribution in [2.24, 2.45) is 0 Å². The Morgan fingerprint density at radius 3 is 1.72 bits per heavy atom. The molecule has 0 heterocycles. The molecule has 5 nitrogen and oxygen atoms in total. The van der Waals surface area contributed by atoms with Gasteiger partial charge in [0.1, 0.15) is 6.16 Å². The summed E-state index contributed by atoms with van der Waals surface area (Å²) in [5, 5.41) is 0. The minimum Gasteiger partial charge on any atom is -0.337 e. The van der Waals surface area contributed by atoms with Gasteiger partial charge in [-0.3, -0.25) is 9.36 Å². The van der Waals surface area contributed by atoms with E-state index >= 15 is 0 Å². The van der Waals surface area contributed by atoms with Crippen LogP contribution in [0.5, 0.6) is 0 Å². The van der Waals surface area contributed by atoms with E-state index in [1.54, 1.807) is 18.7 Å². The quantitative estimate of drug-likeness (QED) is 0.641. The van der Waals surface area contributed by atoms with E-state index in [4.69, 9.17) is 9.05 Å². The predicted octanol–water partition coefficient (Wildman–Crippen LogP) is 2.90. The SMILES string of the molecule is CCOP(=O)(CC(=O)N(C(C)C)C(C)C)OCC. The Kier molecular flexibility index (Phi) is 7.76. The fourth-order valence-electron chi connectivity index (χ4n) is 1.94. The molecule has 1 amide bonds. The Hall–Kier alpha value is -0.380. The standard InChI is InChI=1S/C12H26NO4P/c1-7-16-18(15,17-8-2)9-12(14)13(10(3)4)11(5)6/h10-11H,7-9H2,1-6H3. The summed E-state index contributed by atoms with van der Waals surface area (Å²) in [4.78, 5) is 13.9. The maximum atomic E-state index is 12.3. The lowest BCUT2D eigenvalue weighted by Gasteiger charge is -2.31. The Morgan fingerprint density at radius 2 is 1.44 bits per heavy atom. The van der Waals surface area contributed by atoms with Gasteiger partial charge < -0.3 is 13.9 Å². The molecular weight excluding hydrogens is 253 g/mol. The molecule has 0 aliphatic heterocycles. The molecule has 0 N–H and O–H groups in total. The van der Waals surface area contributed by atoms with Crippen molar-refractivity contribution in [3.05, 3.63) is 0 Å². The zero-order valence-electron chi connectivity index (χ0n) is 12.3. The highest BCUT2D eigenvalue weighted by molar-refractivity contribution is 7.54. The van der Waals surface area contributed by atoms with Crippen molar-refractivity contribution in [1.82, 2.24) is 4.90 Å². The van der Waals surface area contributed by atoms with Crippen LogP contribution in [0.25, 0.3) is 0 Å². The lowest BCUT2D eigenvalue weighted by atomic mass is 10.2. The topological polar surface area (TPSA) is 55.8 Å². The highest BCUT2D eigenvalue weighted by atomic mass is 31.2. The molecule has 0 aromatic carbocycles. The lowest BCUT2D eigenvalue weighted by Crippen LogP contribution is -2.43. The van der Waals surface area contributed by atoms with E-state index in [0.29, 0.717) is 0 Å². The summed E-state index contributed by atoms with van der Waals surface area (Å²) in [5.41, 5.74) is 0. The second kappa shape index (κ2) is 7.93. The molecule has 0 spiro atoms. The highest BCUT2D eigenvalue weighted by Crippen LogP contribution is 2.48. The van der Waals surface area contributed by atoms with Gasteiger partial charge in [-0.1, -0.05) is 0 Å². The first-order chi connectivity index (χ1) is 8.27. The van der Waals surface area contributed by atoms with Gasteiger partial charge in [0.05, 0.1) is 13.2 Å². The Morgan fingerprint density at radius 1 is 1.06 bits per heavy atom. The van der Waals surface area contributed by atoms with Crippen LogP contribution in [0, 0.1) is 0 Å². The van der Waals surface area contributed by atoms with E-state index in [2.05, 4.69) is 0 Å². The summed E-state index contributed by atoms with van der Waals surface area (Å²) < 4.78 is 22.6. The number of carbonyl (C=O) groups excluding carboxylic acids is 1. The smallest absolute Gasteiger partial charge is 0.337 e. The first kappa shape index (κ1) is 17.6. The second-order valence-electron chi connectivity index (χ2n) is 4.59. The number of hydrogen-bond acceptors (Lipinski definition) is 4. The summed E-state index contributed by atoms with van der Waals surface area (Å²) in [7, 11) is -3.30. The van der Waals surface area contributed by atoms with Crippen molar-refractivity contribution in [3.63, 3.8) is 0 Å². The minimum atomic E-state index is -3.30. The fourth-order valence-corrected chi connectivity index (χ4v) is 3.48. The molecule has 0 aliphatic rings. The third-order valence-corrected chi connectivity index (χ3v) is 4.34. The Bertz CT molecular complexity index is 286. The molecule has 18 heavy (non-hydrogen) atoms. The van der Waals surface area contributed by atoms with Crippen molar-refractivity contribution >= 4 is 13.5 Å². The molecule has 0 bridgehead atoms. The van der Waals surface area contributed by atoms with Crippen molar-refractivity contribution in [1.29, 1.82) is 0 Å². The van der Waals surface area contributed by atoms with Gasteiger partial charge in [-0.2, -0.15) is 0 Å². The van der Waals surface area contributed by atoms with Crippen LogP contribution in [0.3, 0.4) is 0 Å². The van der Waals surface area contributed by atoms with Gasteiger partial charge in [0.25, 0.3) is 0 Å². The summed E-state index contributed by atoms with van der Waals surface area (Å²) in [5.74, 6) is -0.190. The molecule has 0 aromatic heterocycles. The van der Waals surface area contributed by atoms with Gasteiger partial charge in [0.15, 0.2) is 0 Å². The molecule has 0 rings (SSSR count). The zero-order chi connectivity index (χ0) is 14.3. The predicted molar refractivity (Wildman–Crippen MR) is 72.8 cm³/mol. The molecular formula is C12H26NO4P. The first-order valence-electron chi connectivity index (χ1n) is 6.46. The largest absolute Gasteiger partial charge is 0.340 e. The van der Waals surface area contributed by atoms with Crippen LogP contribution >= 0.6 is 7.60 Å². The molecule has 0 radical (unpaired) electrons.